The predicted octanol–water partition coefficient (Wildman–Crippen LogP) is 4.34. The Morgan fingerprint density at radius 3 is 2.77 bits per heavy atom. The molecule has 0 saturated carbocycles. The van der Waals surface area contributed by atoms with Crippen molar-refractivity contribution in [1.82, 2.24) is 4.98 Å². The molecule has 0 aromatic carbocycles. The van der Waals surface area contributed by atoms with Gasteiger partial charge < -0.3 is 0 Å². The van der Waals surface area contributed by atoms with Crippen LogP contribution in [0.2, 0.25) is 0 Å². The summed E-state index contributed by atoms with van der Waals surface area (Å²) < 4.78 is 1.86. The van der Waals surface area contributed by atoms with Gasteiger partial charge in [-0.15, -0.1) is 11.3 Å². The van der Waals surface area contributed by atoms with Gasteiger partial charge in [-0.05, 0) is 49.4 Å². The van der Waals surface area contributed by atoms with Gasteiger partial charge in [-0.3, -0.25) is 0 Å². The Kier molecular flexibility index (Phi) is 2.81. The zero-order chi connectivity index (χ0) is 9.26. The first-order valence-electron chi connectivity index (χ1n) is 3.63. The third-order valence-electron chi connectivity index (χ3n) is 1.63. The smallest absolute Gasteiger partial charge is 0.120 e. The lowest BCUT2D eigenvalue weighted by atomic mass is 10.2. The van der Waals surface area contributed by atoms with Crippen LogP contribution >= 0.6 is 43.2 Å². The number of hydrogen-bond donors (Lipinski definition) is 0. The summed E-state index contributed by atoms with van der Waals surface area (Å²) in [5.74, 6) is 0. The number of pyridine rings is 1. The maximum absolute atomic E-state index is 4.12. The van der Waals surface area contributed by atoms with E-state index in [0.717, 1.165) is 9.08 Å². The van der Waals surface area contributed by atoms with E-state index in [1.807, 2.05) is 12.1 Å². The first-order valence-corrected chi connectivity index (χ1v) is 6.09. The first kappa shape index (κ1) is 9.37. The molecule has 0 unspecified atom stereocenters. The van der Waals surface area contributed by atoms with Gasteiger partial charge in [0.05, 0.1) is 4.47 Å². The van der Waals surface area contributed by atoms with Crippen molar-refractivity contribution >= 4 is 43.2 Å². The van der Waals surface area contributed by atoms with E-state index in [1.165, 1.54) is 10.4 Å². The summed E-state index contributed by atoms with van der Waals surface area (Å²) in [4.78, 5) is 5.37. The van der Waals surface area contributed by atoms with Crippen molar-refractivity contribution in [2.75, 3.05) is 0 Å². The Hall–Kier alpha value is -0.190. The normalized spacial score (nSPS) is 10.3. The van der Waals surface area contributed by atoms with Crippen LogP contribution in [0.5, 0.6) is 0 Å². The number of rotatable bonds is 1. The summed E-state index contributed by atoms with van der Waals surface area (Å²) in [6.45, 7) is 0. The highest BCUT2D eigenvalue weighted by atomic mass is 79.9. The summed E-state index contributed by atoms with van der Waals surface area (Å²) in [5.41, 5.74) is 1.18. The molecule has 0 fully saturated rings. The van der Waals surface area contributed by atoms with Crippen molar-refractivity contribution in [2.45, 2.75) is 0 Å². The average Bonchev–Trinajstić information content (AvgIpc) is 2.62. The lowest BCUT2D eigenvalue weighted by Crippen LogP contribution is -1.80. The average molecular weight is 319 g/mol. The van der Waals surface area contributed by atoms with Crippen molar-refractivity contribution in [3.05, 3.63) is 38.9 Å². The van der Waals surface area contributed by atoms with Gasteiger partial charge in [0.1, 0.15) is 4.60 Å². The van der Waals surface area contributed by atoms with E-state index in [4.69, 9.17) is 0 Å². The monoisotopic (exact) mass is 317 g/mol. The molecule has 0 amide bonds. The van der Waals surface area contributed by atoms with Crippen LogP contribution in [0.1, 0.15) is 0 Å². The Balaban J connectivity index is 2.59. The summed E-state index contributed by atoms with van der Waals surface area (Å²) in [6, 6.07) is 6.14. The minimum absolute atomic E-state index is 0.846. The van der Waals surface area contributed by atoms with Gasteiger partial charge in [0.2, 0.25) is 0 Å². The van der Waals surface area contributed by atoms with Gasteiger partial charge in [-0.25, -0.2) is 4.98 Å². The topological polar surface area (TPSA) is 12.9 Å². The fraction of sp³-hybridized carbons (Fsp3) is 0. The lowest BCUT2D eigenvalue weighted by molar-refractivity contribution is 1.26. The Labute approximate surface area is 97.1 Å². The molecule has 0 bridgehead atoms. The summed E-state index contributed by atoms with van der Waals surface area (Å²) in [5, 5.41) is 2.07. The molecule has 0 aliphatic carbocycles. The Bertz CT molecular complexity index is 412. The van der Waals surface area contributed by atoms with E-state index in [2.05, 4.69) is 48.3 Å². The van der Waals surface area contributed by atoms with Crippen molar-refractivity contribution in [3.8, 4) is 10.4 Å². The Morgan fingerprint density at radius 2 is 2.08 bits per heavy atom. The third-order valence-corrected chi connectivity index (χ3v) is 4.47. The number of thiophene rings is 1. The van der Waals surface area contributed by atoms with E-state index in [-0.39, 0.29) is 0 Å². The largest absolute Gasteiger partial charge is 0.248 e. The van der Waals surface area contributed by atoms with Crippen LogP contribution in [0.4, 0.5) is 0 Å². The fourth-order valence-corrected chi connectivity index (χ4v) is 2.71. The van der Waals surface area contributed by atoms with Crippen LogP contribution in [0.15, 0.2) is 38.9 Å². The van der Waals surface area contributed by atoms with E-state index in [0.29, 0.717) is 0 Å². The van der Waals surface area contributed by atoms with Gasteiger partial charge in [0, 0.05) is 16.6 Å². The molecule has 0 N–H and O–H groups in total. The van der Waals surface area contributed by atoms with Crippen LogP contribution in [0, 0.1) is 0 Å². The second-order valence-corrected chi connectivity index (χ2v) is 4.93. The molecule has 0 radical (unpaired) electrons. The van der Waals surface area contributed by atoms with E-state index < -0.39 is 0 Å². The zero-order valence-corrected chi connectivity index (χ0v) is 10.5. The Morgan fingerprint density at radius 1 is 1.23 bits per heavy atom. The summed E-state index contributed by atoms with van der Waals surface area (Å²) in [6.07, 6.45) is 1.80. The van der Waals surface area contributed by atoms with E-state index in [9.17, 15) is 0 Å². The van der Waals surface area contributed by atoms with Gasteiger partial charge in [-0.1, -0.05) is 6.07 Å². The highest BCUT2D eigenvalue weighted by molar-refractivity contribution is 9.13. The quantitative estimate of drug-likeness (QED) is 0.713. The molecule has 0 saturated heterocycles. The second kappa shape index (κ2) is 3.90. The number of hydrogen-bond acceptors (Lipinski definition) is 2. The molecule has 2 rings (SSSR count). The molecule has 2 aromatic heterocycles. The number of halogens is 2. The predicted molar refractivity (Wildman–Crippen MR) is 63.0 cm³/mol. The fourth-order valence-electron chi connectivity index (χ4n) is 1.04. The minimum Gasteiger partial charge on any atom is -0.248 e. The van der Waals surface area contributed by atoms with Crippen LogP contribution in [-0.2, 0) is 0 Å². The first-order chi connectivity index (χ1) is 6.29. The molecule has 4 heteroatoms. The highest BCUT2D eigenvalue weighted by Crippen LogP contribution is 2.34. The van der Waals surface area contributed by atoms with Gasteiger partial charge >= 0.3 is 0 Å². The van der Waals surface area contributed by atoms with Gasteiger partial charge in [0.25, 0.3) is 0 Å². The molecule has 0 spiro atoms. The van der Waals surface area contributed by atoms with Crippen LogP contribution < -0.4 is 0 Å². The van der Waals surface area contributed by atoms with E-state index in [1.54, 1.807) is 17.5 Å². The zero-order valence-electron chi connectivity index (χ0n) is 6.50. The van der Waals surface area contributed by atoms with Crippen LogP contribution in [0.25, 0.3) is 10.4 Å². The molecule has 66 valence electrons. The number of aromatic nitrogens is 1. The molecule has 13 heavy (non-hydrogen) atoms. The third kappa shape index (κ3) is 1.85. The van der Waals surface area contributed by atoms with Crippen molar-refractivity contribution < 1.29 is 0 Å². The minimum atomic E-state index is 0.846. The van der Waals surface area contributed by atoms with Gasteiger partial charge in [-0.2, -0.15) is 0 Å². The summed E-state index contributed by atoms with van der Waals surface area (Å²) >= 11 is 8.60. The SMILES string of the molecule is Brc1nccc(-c2cccs2)c1Br. The highest BCUT2D eigenvalue weighted by Gasteiger charge is 2.06. The molecule has 1 nitrogen and oxygen atoms in total. The standard InChI is InChI=1S/C9H5Br2NS/c10-8-6(3-4-12-9(8)11)7-2-1-5-13-7/h1-5H. The lowest BCUT2D eigenvalue weighted by Gasteiger charge is -2.01. The second-order valence-electron chi connectivity index (χ2n) is 2.44. The van der Waals surface area contributed by atoms with E-state index >= 15 is 0 Å². The molecule has 0 atom stereocenters. The van der Waals surface area contributed by atoms with Gasteiger partial charge in [0.15, 0.2) is 0 Å². The molecule has 2 heterocycles. The van der Waals surface area contributed by atoms with Crippen LogP contribution in [-0.4, -0.2) is 4.98 Å². The maximum Gasteiger partial charge on any atom is 0.120 e. The number of nitrogens with zero attached hydrogens (tertiary/aromatic N) is 1. The van der Waals surface area contributed by atoms with Crippen molar-refractivity contribution in [3.63, 3.8) is 0 Å². The molecular weight excluding hydrogens is 314 g/mol. The molecular formula is C9H5Br2NS. The molecule has 0 aliphatic rings. The maximum atomic E-state index is 4.12. The van der Waals surface area contributed by atoms with Crippen LogP contribution in [0.3, 0.4) is 0 Å². The molecule has 2 aromatic rings. The summed E-state index contributed by atoms with van der Waals surface area (Å²) in [7, 11) is 0. The van der Waals surface area contributed by atoms with Crippen molar-refractivity contribution in [1.29, 1.82) is 0 Å². The van der Waals surface area contributed by atoms with Crippen molar-refractivity contribution in [2.24, 2.45) is 0 Å². The molecule has 0 aliphatic heterocycles.